The summed E-state index contributed by atoms with van der Waals surface area (Å²) >= 11 is 0. The minimum atomic E-state index is -0.176. The van der Waals surface area contributed by atoms with Crippen LogP contribution in [0.1, 0.15) is 49.8 Å². The summed E-state index contributed by atoms with van der Waals surface area (Å²) in [6.07, 6.45) is 5.74. The van der Waals surface area contributed by atoms with Gasteiger partial charge in [0.25, 0.3) is 0 Å². The Balaban J connectivity index is 1.07. The standard InChI is InChI=1S/C30H39FN4O/c1-22(2)33-14-16-35(17-15-33)30(36)8-11-32-28-9-12-34(13-10-28)29-5-3-4-23(21-29)25-18-24-6-7-27(31)20-26(24)19-25/h3-7,19-22,28,32H,8-18H2,1-2H3. The number of piperidine rings is 1. The summed E-state index contributed by atoms with van der Waals surface area (Å²) in [6.45, 7) is 10.9. The number of carbonyl (C=O) groups is 1. The van der Waals surface area contributed by atoms with E-state index in [1.807, 2.05) is 11.0 Å². The van der Waals surface area contributed by atoms with Crippen molar-refractivity contribution in [1.29, 1.82) is 0 Å². The molecule has 0 atom stereocenters. The lowest BCUT2D eigenvalue weighted by molar-refractivity contribution is -0.133. The van der Waals surface area contributed by atoms with Crippen LogP contribution >= 0.6 is 0 Å². The topological polar surface area (TPSA) is 38.8 Å². The molecule has 6 heteroatoms. The molecular formula is C30H39FN4O. The monoisotopic (exact) mass is 490 g/mol. The third-order valence-electron chi connectivity index (χ3n) is 8.06. The number of hydrogen-bond donors (Lipinski definition) is 1. The van der Waals surface area contributed by atoms with Gasteiger partial charge in [0.15, 0.2) is 0 Å². The molecule has 5 rings (SSSR count). The van der Waals surface area contributed by atoms with Crippen molar-refractivity contribution in [2.75, 3.05) is 50.7 Å². The molecule has 2 aromatic rings. The Hall–Kier alpha value is -2.70. The van der Waals surface area contributed by atoms with Crippen LogP contribution in [0.4, 0.5) is 10.1 Å². The van der Waals surface area contributed by atoms with Crippen molar-refractivity contribution in [3.63, 3.8) is 0 Å². The highest BCUT2D eigenvalue weighted by molar-refractivity contribution is 5.89. The Labute approximate surface area is 215 Å². The quantitative estimate of drug-likeness (QED) is 0.624. The van der Waals surface area contributed by atoms with Crippen LogP contribution in [0, 0.1) is 5.82 Å². The van der Waals surface area contributed by atoms with Crippen molar-refractivity contribution in [3.05, 3.63) is 65.0 Å². The van der Waals surface area contributed by atoms with E-state index >= 15 is 0 Å². The van der Waals surface area contributed by atoms with Crippen LogP contribution in [0.5, 0.6) is 0 Å². The summed E-state index contributed by atoms with van der Waals surface area (Å²) < 4.78 is 13.6. The van der Waals surface area contributed by atoms with Crippen LogP contribution in [0.25, 0.3) is 11.6 Å². The fourth-order valence-electron chi connectivity index (χ4n) is 5.76. The molecule has 1 N–H and O–H groups in total. The minimum Gasteiger partial charge on any atom is -0.371 e. The number of piperazine rings is 1. The summed E-state index contributed by atoms with van der Waals surface area (Å²) in [7, 11) is 0. The molecule has 0 saturated carbocycles. The molecule has 0 aromatic heterocycles. The highest BCUT2D eigenvalue weighted by Gasteiger charge is 2.24. The van der Waals surface area contributed by atoms with E-state index in [0.29, 0.717) is 18.5 Å². The first-order valence-electron chi connectivity index (χ1n) is 13.6. The molecule has 0 radical (unpaired) electrons. The maximum atomic E-state index is 13.6. The zero-order chi connectivity index (χ0) is 25.1. The molecule has 36 heavy (non-hydrogen) atoms. The molecule has 0 unspecified atom stereocenters. The maximum absolute atomic E-state index is 13.6. The van der Waals surface area contributed by atoms with Crippen LogP contribution in [0.2, 0.25) is 0 Å². The predicted octanol–water partition coefficient (Wildman–Crippen LogP) is 4.42. The number of halogens is 1. The smallest absolute Gasteiger partial charge is 0.223 e. The number of rotatable bonds is 7. The van der Waals surface area contributed by atoms with Crippen molar-refractivity contribution in [3.8, 4) is 0 Å². The number of hydrogen-bond acceptors (Lipinski definition) is 4. The van der Waals surface area contributed by atoms with E-state index < -0.39 is 0 Å². The second-order valence-electron chi connectivity index (χ2n) is 10.7. The van der Waals surface area contributed by atoms with Gasteiger partial charge in [0.05, 0.1) is 0 Å². The first-order valence-corrected chi connectivity index (χ1v) is 13.6. The second kappa shape index (κ2) is 11.1. The van der Waals surface area contributed by atoms with Crippen molar-refractivity contribution in [2.45, 2.75) is 51.6 Å². The Morgan fingerprint density at radius 3 is 2.56 bits per heavy atom. The summed E-state index contributed by atoms with van der Waals surface area (Å²) in [6, 6.07) is 14.9. The predicted molar refractivity (Wildman–Crippen MR) is 146 cm³/mol. The van der Waals surface area contributed by atoms with E-state index in [1.54, 1.807) is 12.1 Å². The fourth-order valence-corrected chi connectivity index (χ4v) is 5.76. The average molecular weight is 491 g/mol. The number of carbonyl (C=O) groups excluding carboxylic acids is 1. The van der Waals surface area contributed by atoms with Gasteiger partial charge in [-0.15, -0.1) is 0 Å². The molecule has 5 nitrogen and oxygen atoms in total. The number of nitrogens with one attached hydrogen (secondary N) is 1. The molecule has 192 valence electrons. The minimum absolute atomic E-state index is 0.176. The van der Waals surface area contributed by atoms with Gasteiger partial charge < -0.3 is 15.1 Å². The normalized spacial score (nSPS) is 19.1. The Morgan fingerprint density at radius 1 is 1.03 bits per heavy atom. The van der Waals surface area contributed by atoms with E-state index in [4.69, 9.17) is 0 Å². The van der Waals surface area contributed by atoms with Gasteiger partial charge in [0.2, 0.25) is 5.91 Å². The molecule has 1 amide bonds. The van der Waals surface area contributed by atoms with Gasteiger partial charge in [-0.2, -0.15) is 0 Å². The van der Waals surface area contributed by atoms with Gasteiger partial charge >= 0.3 is 0 Å². The third kappa shape index (κ3) is 5.81. The van der Waals surface area contributed by atoms with Crippen LogP contribution in [-0.4, -0.2) is 73.6 Å². The number of nitrogens with zero attached hydrogens (tertiary/aromatic N) is 3. The molecule has 3 aliphatic rings. The van der Waals surface area contributed by atoms with E-state index in [9.17, 15) is 9.18 Å². The molecular weight excluding hydrogens is 451 g/mol. The number of benzene rings is 2. The van der Waals surface area contributed by atoms with Crippen molar-refractivity contribution in [1.82, 2.24) is 15.1 Å². The van der Waals surface area contributed by atoms with Gasteiger partial charge in [-0.3, -0.25) is 9.69 Å². The van der Waals surface area contributed by atoms with Crippen molar-refractivity contribution in [2.24, 2.45) is 0 Å². The molecule has 2 saturated heterocycles. The first kappa shape index (κ1) is 25.0. The molecule has 0 bridgehead atoms. The molecule has 0 spiro atoms. The van der Waals surface area contributed by atoms with E-state index in [0.717, 1.165) is 70.6 Å². The zero-order valence-corrected chi connectivity index (χ0v) is 21.7. The number of fused-ring (bicyclic) bond motifs is 1. The van der Waals surface area contributed by atoms with E-state index in [2.05, 4.69) is 59.3 Å². The third-order valence-corrected chi connectivity index (χ3v) is 8.06. The molecule has 2 aliphatic heterocycles. The van der Waals surface area contributed by atoms with Crippen molar-refractivity contribution < 1.29 is 9.18 Å². The van der Waals surface area contributed by atoms with Crippen LogP contribution < -0.4 is 10.2 Å². The number of anilines is 1. The Kier molecular flexibility index (Phi) is 7.73. The Morgan fingerprint density at radius 2 is 1.81 bits per heavy atom. The van der Waals surface area contributed by atoms with Crippen molar-refractivity contribution >= 4 is 23.2 Å². The SMILES string of the molecule is CC(C)N1CCN(C(=O)CCNC2CCN(c3cccc(C4=Cc5cc(F)ccc5C4)c3)CC2)CC1. The van der Waals surface area contributed by atoms with Gasteiger partial charge in [0.1, 0.15) is 5.82 Å². The van der Waals surface area contributed by atoms with Gasteiger partial charge in [-0.1, -0.05) is 24.3 Å². The van der Waals surface area contributed by atoms with Crippen LogP contribution in [0.3, 0.4) is 0 Å². The first-order chi connectivity index (χ1) is 17.5. The second-order valence-corrected chi connectivity index (χ2v) is 10.7. The molecule has 1 aliphatic carbocycles. The lowest BCUT2D eigenvalue weighted by Gasteiger charge is -2.37. The molecule has 2 fully saturated rings. The lowest BCUT2D eigenvalue weighted by atomic mass is 10.0. The van der Waals surface area contributed by atoms with E-state index in [-0.39, 0.29) is 11.7 Å². The summed E-state index contributed by atoms with van der Waals surface area (Å²) in [4.78, 5) is 19.6. The summed E-state index contributed by atoms with van der Waals surface area (Å²) in [5.41, 5.74) is 5.92. The van der Waals surface area contributed by atoms with Crippen LogP contribution in [-0.2, 0) is 11.2 Å². The summed E-state index contributed by atoms with van der Waals surface area (Å²) in [5.74, 6) is 0.108. The van der Waals surface area contributed by atoms with Gasteiger partial charge in [0, 0.05) is 70.0 Å². The fraction of sp³-hybridized carbons (Fsp3) is 0.500. The number of amides is 1. The highest BCUT2D eigenvalue weighted by Crippen LogP contribution is 2.33. The summed E-state index contributed by atoms with van der Waals surface area (Å²) in [5, 5.41) is 3.64. The average Bonchev–Trinajstić information content (AvgIpc) is 3.32. The largest absolute Gasteiger partial charge is 0.371 e. The van der Waals surface area contributed by atoms with Crippen LogP contribution in [0.15, 0.2) is 42.5 Å². The zero-order valence-electron chi connectivity index (χ0n) is 21.7. The number of allylic oxidation sites excluding steroid dienone is 1. The lowest BCUT2D eigenvalue weighted by Crippen LogP contribution is -2.51. The highest BCUT2D eigenvalue weighted by atomic mass is 19.1. The molecule has 2 heterocycles. The van der Waals surface area contributed by atoms with Gasteiger partial charge in [-0.05, 0) is 79.6 Å². The maximum Gasteiger partial charge on any atom is 0.223 e. The van der Waals surface area contributed by atoms with Gasteiger partial charge in [-0.25, -0.2) is 4.39 Å². The molecule has 2 aromatic carbocycles. The Bertz CT molecular complexity index is 1100. The van der Waals surface area contributed by atoms with E-state index in [1.165, 1.54) is 22.4 Å².